The molecule has 0 saturated heterocycles. The molecule has 0 aliphatic rings. The molecule has 3 aromatic rings. The van der Waals surface area contributed by atoms with E-state index in [9.17, 15) is 5.11 Å². The van der Waals surface area contributed by atoms with Crippen LogP contribution in [-0.4, -0.2) is 11.7 Å². The quantitative estimate of drug-likeness (QED) is 0.547. The van der Waals surface area contributed by atoms with Crippen molar-refractivity contribution in [3.8, 4) is 0 Å². The summed E-state index contributed by atoms with van der Waals surface area (Å²) >= 11 is 0. The van der Waals surface area contributed by atoms with E-state index in [1.807, 2.05) is 91.0 Å². The Hall–Kier alpha value is -2.42. The van der Waals surface area contributed by atoms with Crippen molar-refractivity contribution in [2.45, 2.75) is 31.5 Å². The molecule has 1 atom stereocenters. The van der Waals surface area contributed by atoms with E-state index in [0.29, 0.717) is 6.61 Å². The highest BCUT2D eigenvalue weighted by molar-refractivity contribution is 5.40. The lowest BCUT2D eigenvalue weighted by Crippen LogP contribution is -2.36. The minimum absolute atomic E-state index is 0.486. The lowest BCUT2D eigenvalue weighted by molar-refractivity contribution is -0.0937. The predicted octanol–water partition coefficient (Wildman–Crippen LogP) is 5.48. The van der Waals surface area contributed by atoms with Gasteiger partial charge in [0, 0.05) is 6.61 Å². The van der Waals surface area contributed by atoms with Gasteiger partial charge in [0.2, 0.25) is 0 Å². The minimum atomic E-state index is -1.27. The molecule has 0 spiro atoms. The Morgan fingerprint density at radius 2 is 1.23 bits per heavy atom. The van der Waals surface area contributed by atoms with Crippen molar-refractivity contribution in [2.24, 2.45) is 0 Å². The largest absolute Gasteiger partial charge is 0.377 e. The van der Waals surface area contributed by atoms with Crippen LogP contribution >= 0.6 is 0 Å². The van der Waals surface area contributed by atoms with Gasteiger partial charge in [-0.25, -0.2) is 0 Å². The van der Waals surface area contributed by atoms with Gasteiger partial charge in [-0.3, -0.25) is 0 Å². The van der Waals surface area contributed by atoms with Crippen LogP contribution in [0.1, 0.15) is 42.6 Å². The molecule has 26 heavy (non-hydrogen) atoms. The Morgan fingerprint density at radius 1 is 0.769 bits per heavy atom. The molecular weight excluding hydrogens is 320 g/mol. The maximum atomic E-state index is 12.0. The SMILES string of the molecule is CCCCOC(c1ccccc1)C(O)(c1ccccc1)c1ccccc1. The fourth-order valence-electron chi connectivity index (χ4n) is 3.29. The Morgan fingerprint density at radius 3 is 1.69 bits per heavy atom. The highest BCUT2D eigenvalue weighted by Gasteiger charge is 2.42. The molecular formula is C24H26O2. The van der Waals surface area contributed by atoms with Crippen molar-refractivity contribution in [2.75, 3.05) is 6.61 Å². The normalized spacial score (nSPS) is 12.7. The molecule has 3 rings (SSSR count). The van der Waals surface area contributed by atoms with Gasteiger partial charge in [-0.2, -0.15) is 0 Å². The van der Waals surface area contributed by atoms with E-state index in [-0.39, 0.29) is 0 Å². The lowest BCUT2D eigenvalue weighted by atomic mass is 9.79. The van der Waals surface area contributed by atoms with Gasteiger partial charge < -0.3 is 9.84 Å². The molecule has 0 aliphatic carbocycles. The fourth-order valence-corrected chi connectivity index (χ4v) is 3.29. The van der Waals surface area contributed by atoms with Crippen molar-refractivity contribution in [1.82, 2.24) is 0 Å². The third-order valence-corrected chi connectivity index (χ3v) is 4.69. The second-order valence-corrected chi connectivity index (χ2v) is 6.51. The zero-order valence-corrected chi connectivity index (χ0v) is 15.2. The van der Waals surface area contributed by atoms with Crippen LogP contribution in [0.4, 0.5) is 0 Å². The van der Waals surface area contributed by atoms with E-state index in [1.54, 1.807) is 0 Å². The Kier molecular flexibility index (Phi) is 6.21. The third kappa shape index (κ3) is 3.87. The van der Waals surface area contributed by atoms with E-state index < -0.39 is 11.7 Å². The van der Waals surface area contributed by atoms with Crippen molar-refractivity contribution < 1.29 is 9.84 Å². The average molecular weight is 346 g/mol. The van der Waals surface area contributed by atoms with Crippen LogP contribution in [0.25, 0.3) is 0 Å². The van der Waals surface area contributed by atoms with Gasteiger partial charge in [-0.1, -0.05) is 104 Å². The smallest absolute Gasteiger partial charge is 0.145 e. The van der Waals surface area contributed by atoms with Gasteiger partial charge in [0.25, 0.3) is 0 Å². The Labute approximate surface area is 156 Å². The number of hydrogen-bond acceptors (Lipinski definition) is 2. The van der Waals surface area contributed by atoms with Gasteiger partial charge in [-0.15, -0.1) is 0 Å². The Balaban J connectivity index is 2.13. The molecule has 0 radical (unpaired) electrons. The second-order valence-electron chi connectivity index (χ2n) is 6.51. The summed E-state index contributed by atoms with van der Waals surface area (Å²) in [6.07, 6.45) is 1.53. The first-order valence-electron chi connectivity index (χ1n) is 9.26. The van der Waals surface area contributed by atoms with E-state index in [0.717, 1.165) is 29.5 Å². The number of rotatable bonds is 8. The molecule has 0 fully saturated rings. The van der Waals surface area contributed by atoms with Gasteiger partial charge in [0.15, 0.2) is 0 Å². The molecule has 0 bridgehead atoms. The topological polar surface area (TPSA) is 29.5 Å². The van der Waals surface area contributed by atoms with Crippen molar-refractivity contribution in [3.05, 3.63) is 108 Å². The van der Waals surface area contributed by atoms with Crippen molar-refractivity contribution in [3.63, 3.8) is 0 Å². The zero-order valence-electron chi connectivity index (χ0n) is 15.2. The zero-order chi connectivity index (χ0) is 18.2. The minimum Gasteiger partial charge on any atom is -0.377 e. The summed E-state index contributed by atoms with van der Waals surface area (Å²) < 4.78 is 6.29. The number of unbranched alkanes of at least 4 members (excludes halogenated alkanes) is 1. The highest BCUT2D eigenvalue weighted by atomic mass is 16.5. The molecule has 0 aromatic heterocycles. The maximum absolute atomic E-state index is 12.0. The summed E-state index contributed by atoms with van der Waals surface area (Å²) in [6, 6.07) is 29.6. The monoisotopic (exact) mass is 346 g/mol. The van der Waals surface area contributed by atoms with Crippen molar-refractivity contribution in [1.29, 1.82) is 0 Å². The summed E-state index contributed by atoms with van der Waals surface area (Å²) in [7, 11) is 0. The van der Waals surface area contributed by atoms with Gasteiger partial charge in [-0.05, 0) is 23.1 Å². The highest BCUT2D eigenvalue weighted by Crippen LogP contribution is 2.43. The number of benzene rings is 3. The molecule has 0 amide bonds. The average Bonchev–Trinajstić information content (AvgIpc) is 2.73. The van der Waals surface area contributed by atoms with Crippen LogP contribution in [-0.2, 0) is 10.3 Å². The van der Waals surface area contributed by atoms with E-state index in [4.69, 9.17) is 4.74 Å². The summed E-state index contributed by atoms with van der Waals surface area (Å²) in [5, 5.41) is 12.0. The van der Waals surface area contributed by atoms with E-state index >= 15 is 0 Å². The van der Waals surface area contributed by atoms with Gasteiger partial charge in [0.1, 0.15) is 11.7 Å². The molecule has 1 unspecified atom stereocenters. The van der Waals surface area contributed by atoms with Crippen LogP contribution in [0.15, 0.2) is 91.0 Å². The molecule has 0 saturated carbocycles. The maximum Gasteiger partial charge on any atom is 0.145 e. The molecule has 3 aromatic carbocycles. The second kappa shape index (κ2) is 8.79. The third-order valence-electron chi connectivity index (χ3n) is 4.69. The molecule has 1 N–H and O–H groups in total. The number of hydrogen-bond donors (Lipinski definition) is 1. The summed E-state index contributed by atoms with van der Waals surface area (Å²) in [5.41, 5.74) is 1.37. The summed E-state index contributed by atoms with van der Waals surface area (Å²) in [6.45, 7) is 2.75. The molecule has 134 valence electrons. The van der Waals surface area contributed by atoms with E-state index in [2.05, 4.69) is 6.92 Å². The summed E-state index contributed by atoms with van der Waals surface area (Å²) in [5.74, 6) is 0. The van der Waals surface area contributed by atoms with Gasteiger partial charge in [0.05, 0.1) is 0 Å². The van der Waals surface area contributed by atoms with Crippen LogP contribution in [0.2, 0.25) is 0 Å². The first-order chi connectivity index (χ1) is 12.8. The first kappa shape index (κ1) is 18.4. The standard InChI is InChI=1S/C24H26O2/c1-2-3-19-26-23(20-13-7-4-8-14-20)24(25,21-15-9-5-10-16-21)22-17-11-6-12-18-22/h4-18,23,25H,2-3,19H2,1H3. The fraction of sp³-hybridized carbons (Fsp3) is 0.250. The Bertz CT molecular complexity index is 730. The van der Waals surface area contributed by atoms with E-state index in [1.165, 1.54) is 0 Å². The van der Waals surface area contributed by atoms with Crippen molar-refractivity contribution >= 4 is 0 Å². The molecule has 0 heterocycles. The van der Waals surface area contributed by atoms with Crippen LogP contribution in [0, 0.1) is 0 Å². The van der Waals surface area contributed by atoms with Gasteiger partial charge >= 0.3 is 0 Å². The van der Waals surface area contributed by atoms with Crippen LogP contribution in [0.5, 0.6) is 0 Å². The number of aliphatic hydroxyl groups is 1. The summed E-state index contributed by atoms with van der Waals surface area (Å²) in [4.78, 5) is 0. The predicted molar refractivity (Wildman–Crippen MR) is 106 cm³/mol. The lowest BCUT2D eigenvalue weighted by Gasteiger charge is -2.37. The molecule has 2 nitrogen and oxygen atoms in total. The molecule has 2 heteroatoms. The first-order valence-corrected chi connectivity index (χ1v) is 9.26. The van der Waals surface area contributed by atoms with Crippen LogP contribution < -0.4 is 0 Å². The van der Waals surface area contributed by atoms with Crippen LogP contribution in [0.3, 0.4) is 0 Å². The molecule has 0 aliphatic heterocycles. The number of ether oxygens (including phenoxy) is 1.